The number of halogens is 1. The molecule has 6 rings (SSSR count). The maximum absolute atomic E-state index is 13.1. The maximum Gasteiger partial charge on any atom is 0.137 e. The van der Waals surface area contributed by atoms with Crippen LogP contribution in [0.4, 0.5) is 10.1 Å². The van der Waals surface area contributed by atoms with Crippen molar-refractivity contribution in [1.82, 2.24) is 25.3 Å². The normalized spacial score (nSPS) is 11.5. The smallest absolute Gasteiger partial charge is 0.137 e. The SMILES string of the molecule is CCC(C)CNCc1cccc(-c2cnc(-c3ccc(F)cc3)[nH]2)c1.CCNc1cccc(-c2cnc(-c3ccccc3)[nH]2)c1. The van der Waals surface area contributed by atoms with Crippen LogP contribution in [0.15, 0.2) is 116 Å². The molecular formula is C38H41FN6. The quantitative estimate of drug-likeness (QED) is 0.120. The third-order valence-corrected chi connectivity index (χ3v) is 7.63. The van der Waals surface area contributed by atoms with E-state index in [1.807, 2.05) is 30.6 Å². The summed E-state index contributed by atoms with van der Waals surface area (Å²) in [6.45, 7) is 9.36. The average molecular weight is 601 g/mol. The standard InChI is InChI=1S/C21H24FN3.C17H17N3/c1-3-15(2)12-23-13-16-5-4-6-18(11-16)20-14-24-21(25-20)17-7-9-19(22)10-8-17;1-2-18-15-10-6-9-14(11-15)16-12-19-17(20-16)13-7-4-3-5-8-13/h4-11,14-15,23H,3,12-13H2,1-2H3,(H,24,25);3-12,18H,2H2,1H3,(H,19,20). The zero-order chi connectivity index (χ0) is 31.4. The Morgan fingerprint density at radius 1 is 0.689 bits per heavy atom. The van der Waals surface area contributed by atoms with Crippen LogP contribution in [0.25, 0.3) is 45.3 Å². The number of benzene rings is 4. The lowest BCUT2D eigenvalue weighted by Gasteiger charge is -2.10. The summed E-state index contributed by atoms with van der Waals surface area (Å²) in [5.41, 5.74) is 8.58. The summed E-state index contributed by atoms with van der Waals surface area (Å²) in [6, 6.07) is 33.3. The predicted octanol–water partition coefficient (Wildman–Crippen LogP) is 9.19. The minimum Gasteiger partial charge on any atom is -0.385 e. The third kappa shape index (κ3) is 8.77. The Morgan fingerprint density at radius 3 is 1.93 bits per heavy atom. The number of rotatable bonds is 11. The summed E-state index contributed by atoms with van der Waals surface area (Å²) in [4.78, 5) is 15.6. The van der Waals surface area contributed by atoms with Crippen molar-refractivity contribution in [3.8, 4) is 45.3 Å². The molecule has 0 aliphatic heterocycles. The molecule has 4 N–H and O–H groups in total. The first-order valence-electron chi connectivity index (χ1n) is 15.6. The van der Waals surface area contributed by atoms with E-state index in [0.29, 0.717) is 5.92 Å². The van der Waals surface area contributed by atoms with Crippen molar-refractivity contribution in [1.29, 1.82) is 0 Å². The second-order valence-corrected chi connectivity index (χ2v) is 11.1. The molecule has 0 saturated carbocycles. The van der Waals surface area contributed by atoms with Gasteiger partial charge in [0.05, 0.1) is 23.8 Å². The van der Waals surface area contributed by atoms with Gasteiger partial charge in [-0.1, -0.05) is 80.9 Å². The van der Waals surface area contributed by atoms with Gasteiger partial charge in [0.15, 0.2) is 0 Å². The minimum atomic E-state index is -0.242. The van der Waals surface area contributed by atoms with Crippen LogP contribution in [-0.2, 0) is 6.54 Å². The monoisotopic (exact) mass is 600 g/mol. The maximum atomic E-state index is 13.1. The number of nitrogens with one attached hydrogen (secondary N) is 4. The van der Waals surface area contributed by atoms with Gasteiger partial charge >= 0.3 is 0 Å². The van der Waals surface area contributed by atoms with Crippen molar-refractivity contribution in [2.24, 2.45) is 5.92 Å². The van der Waals surface area contributed by atoms with E-state index in [1.54, 1.807) is 12.1 Å². The van der Waals surface area contributed by atoms with E-state index in [4.69, 9.17) is 0 Å². The summed E-state index contributed by atoms with van der Waals surface area (Å²) in [5, 5.41) is 6.83. The largest absolute Gasteiger partial charge is 0.385 e. The predicted molar refractivity (Wildman–Crippen MR) is 184 cm³/mol. The zero-order valence-electron chi connectivity index (χ0n) is 26.1. The number of hydrogen-bond acceptors (Lipinski definition) is 4. The van der Waals surface area contributed by atoms with Crippen molar-refractivity contribution in [2.75, 3.05) is 18.4 Å². The molecule has 0 aliphatic carbocycles. The lowest BCUT2D eigenvalue weighted by molar-refractivity contribution is 0.500. The number of nitrogens with zero attached hydrogens (tertiary/aromatic N) is 2. The molecule has 0 fully saturated rings. The molecule has 0 bridgehead atoms. The Hall–Kier alpha value is -5.01. The van der Waals surface area contributed by atoms with Gasteiger partial charge in [0.2, 0.25) is 0 Å². The molecule has 7 heteroatoms. The molecule has 2 aromatic heterocycles. The van der Waals surface area contributed by atoms with Crippen LogP contribution in [0.1, 0.15) is 32.8 Å². The van der Waals surface area contributed by atoms with E-state index >= 15 is 0 Å². The van der Waals surface area contributed by atoms with Gasteiger partial charge in [-0.25, -0.2) is 14.4 Å². The van der Waals surface area contributed by atoms with E-state index in [2.05, 4.69) is 112 Å². The third-order valence-electron chi connectivity index (χ3n) is 7.63. The second-order valence-electron chi connectivity index (χ2n) is 11.1. The molecule has 0 saturated heterocycles. The van der Waals surface area contributed by atoms with Crippen LogP contribution in [0, 0.1) is 11.7 Å². The Morgan fingerprint density at radius 2 is 1.29 bits per heavy atom. The van der Waals surface area contributed by atoms with Crippen molar-refractivity contribution < 1.29 is 4.39 Å². The van der Waals surface area contributed by atoms with E-state index < -0.39 is 0 Å². The highest BCUT2D eigenvalue weighted by Gasteiger charge is 2.08. The molecule has 6 nitrogen and oxygen atoms in total. The van der Waals surface area contributed by atoms with Crippen LogP contribution in [-0.4, -0.2) is 33.0 Å². The van der Waals surface area contributed by atoms with Crippen LogP contribution in [0.3, 0.4) is 0 Å². The van der Waals surface area contributed by atoms with Gasteiger partial charge in [0.25, 0.3) is 0 Å². The minimum absolute atomic E-state index is 0.242. The van der Waals surface area contributed by atoms with Crippen LogP contribution in [0.5, 0.6) is 0 Å². The number of anilines is 1. The number of H-pyrrole nitrogens is 2. The van der Waals surface area contributed by atoms with Gasteiger partial charge in [0.1, 0.15) is 17.5 Å². The van der Waals surface area contributed by atoms with E-state index in [0.717, 1.165) is 70.6 Å². The van der Waals surface area contributed by atoms with Gasteiger partial charge in [-0.15, -0.1) is 0 Å². The van der Waals surface area contributed by atoms with Crippen LogP contribution in [0.2, 0.25) is 0 Å². The fourth-order valence-corrected chi connectivity index (χ4v) is 4.89. The Balaban J connectivity index is 0.000000182. The number of aromatic amines is 2. The Labute approximate surface area is 265 Å². The average Bonchev–Trinajstić information content (AvgIpc) is 3.78. The van der Waals surface area contributed by atoms with E-state index in [1.165, 1.54) is 24.1 Å². The van der Waals surface area contributed by atoms with Gasteiger partial charge in [0, 0.05) is 35.5 Å². The fraction of sp³-hybridized carbons (Fsp3) is 0.211. The molecule has 4 aromatic carbocycles. The van der Waals surface area contributed by atoms with Gasteiger partial charge in [-0.2, -0.15) is 0 Å². The molecular weight excluding hydrogens is 559 g/mol. The first kappa shape index (κ1) is 31.4. The van der Waals surface area contributed by atoms with Gasteiger partial charge in [-0.3, -0.25) is 0 Å². The second kappa shape index (κ2) is 15.6. The molecule has 230 valence electrons. The highest BCUT2D eigenvalue weighted by atomic mass is 19.1. The molecule has 0 amide bonds. The molecule has 0 spiro atoms. The number of imidazole rings is 2. The highest BCUT2D eigenvalue weighted by Crippen LogP contribution is 2.25. The molecule has 45 heavy (non-hydrogen) atoms. The highest BCUT2D eigenvalue weighted by molar-refractivity contribution is 5.68. The number of hydrogen-bond donors (Lipinski definition) is 4. The van der Waals surface area contributed by atoms with Crippen molar-refractivity contribution in [3.63, 3.8) is 0 Å². The Bertz CT molecular complexity index is 1760. The molecule has 2 heterocycles. The molecule has 6 aromatic rings. The summed E-state index contributed by atoms with van der Waals surface area (Å²) < 4.78 is 13.1. The summed E-state index contributed by atoms with van der Waals surface area (Å²) in [6.07, 6.45) is 4.89. The summed E-state index contributed by atoms with van der Waals surface area (Å²) >= 11 is 0. The molecule has 0 radical (unpaired) electrons. The first-order valence-corrected chi connectivity index (χ1v) is 15.6. The number of aromatic nitrogens is 4. The van der Waals surface area contributed by atoms with Crippen molar-refractivity contribution in [2.45, 2.75) is 33.7 Å². The van der Waals surface area contributed by atoms with Crippen LogP contribution < -0.4 is 10.6 Å². The van der Waals surface area contributed by atoms with Gasteiger partial charge in [-0.05, 0) is 73.0 Å². The topological polar surface area (TPSA) is 81.4 Å². The van der Waals surface area contributed by atoms with E-state index in [-0.39, 0.29) is 5.82 Å². The Kier molecular flexibility index (Phi) is 10.9. The van der Waals surface area contributed by atoms with Crippen LogP contribution >= 0.6 is 0 Å². The van der Waals surface area contributed by atoms with Crippen molar-refractivity contribution in [3.05, 3.63) is 127 Å². The first-order chi connectivity index (χ1) is 22.0. The summed E-state index contributed by atoms with van der Waals surface area (Å²) in [7, 11) is 0. The van der Waals surface area contributed by atoms with E-state index in [9.17, 15) is 4.39 Å². The summed E-state index contributed by atoms with van der Waals surface area (Å²) in [5.74, 6) is 2.09. The fourth-order valence-electron chi connectivity index (χ4n) is 4.89. The lowest BCUT2D eigenvalue weighted by Crippen LogP contribution is -2.20. The molecule has 1 atom stereocenters. The lowest BCUT2D eigenvalue weighted by atomic mass is 10.1. The zero-order valence-corrected chi connectivity index (χ0v) is 26.1. The molecule has 1 unspecified atom stereocenters. The van der Waals surface area contributed by atoms with Crippen molar-refractivity contribution >= 4 is 5.69 Å². The van der Waals surface area contributed by atoms with Gasteiger partial charge < -0.3 is 20.6 Å². The molecule has 0 aliphatic rings.